The molecule has 1 aliphatic heterocycles. The first kappa shape index (κ1) is 17.0. The molecule has 1 aromatic heterocycles. The lowest BCUT2D eigenvalue weighted by molar-refractivity contribution is -0.137. The van der Waals surface area contributed by atoms with E-state index in [9.17, 15) is 4.79 Å². The van der Waals surface area contributed by atoms with Gasteiger partial charge in [-0.15, -0.1) is 0 Å². The normalized spacial score (nSPS) is 13.3. The molecule has 0 radical (unpaired) electrons. The maximum absolute atomic E-state index is 11.1. The van der Waals surface area contributed by atoms with Crippen LogP contribution >= 0.6 is 0 Å². The smallest absolute Gasteiger partial charge is 0.330 e. The van der Waals surface area contributed by atoms with Gasteiger partial charge in [-0.1, -0.05) is 24.8 Å². The number of rotatable bonds is 9. The number of carbonyl (C=O) groups excluding carboxylic acids is 1. The zero-order chi connectivity index (χ0) is 16.3. The van der Waals surface area contributed by atoms with Crippen LogP contribution in [0.15, 0.2) is 61.0 Å². The van der Waals surface area contributed by atoms with Crippen LogP contribution < -0.4 is 5.32 Å². The highest BCUT2D eigenvalue weighted by atomic mass is 16.5. The summed E-state index contributed by atoms with van der Waals surface area (Å²) in [6.45, 7) is 7.05. The van der Waals surface area contributed by atoms with Gasteiger partial charge in [0.05, 0.1) is 12.3 Å². The number of pyridine rings is 1. The predicted molar refractivity (Wildman–Crippen MR) is 90.5 cm³/mol. The van der Waals surface area contributed by atoms with Crippen LogP contribution in [0.1, 0.15) is 12.1 Å². The molecule has 23 heavy (non-hydrogen) atoms. The lowest BCUT2D eigenvalue weighted by Crippen LogP contribution is -2.32. The Labute approximate surface area is 137 Å². The van der Waals surface area contributed by atoms with Crippen molar-refractivity contribution in [2.75, 3.05) is 26.2 Å². The van der Waals surface area contributed by atoms with Crippen LogP contribution in [-0.2, 0) is 16.1 Å². The Balaban J connectivity index is 1.88. The third-order valence-electron chi connectivity index (χ3n) is 3.42. The Morgan fingerprint density at radius 1 is 1.43 bits per heavy atom. The minimum Gasteiger partial charge on any atom is -0.462 e. The van der Waals surface area contributed by atoms with E-state index in [4.69, 9.17) is 4.74 Å². The number of nitrogens with one attached hydrogen (secondary N) is 1. The van der Waals surface area contributed by atoms with Crippen LogP contribution in [0.25, 0.3) is 0 Å². The van der Waals surface area contributed by atoms with E-state index in [1.54, 1.807) is 6.20 Å². The van der Waals surface area contributed by atoms with Gasteiger partial charge in [0.2, 0.25) is 0 Å². The van der Waals surface area contributed by atoms with Crippen molar-refractivity contribution in [3.8, 4) is 0 Å². The van der Waals surface area contributed by atoms with Crippen molar-refractivity contribution < 1.29 is 9.53 Å². The number of aromatic nitrogens is 1. The Hall–Kier alpha value is -2.40. The standard InChI is InChI=1S/C18H23N3O2/c1-2-18(22)23-13-7-12-21(14-16-8-3-5-10-19-16)15-17-9-4-6-11-20-17/h2-6,8-10,20H,1,7,11-15H2. The molecule has 0 bridgehead atoms. The van der Waals surface area contributed by atoms with E-state index < -0.39 is 0 Å². The zero-order valence-electron chi connectivity index (χ0n) is 13.3. The summed E-state index contributed by atoms with van der Waals surface area (Å²) in [5.74, 6) is -0.372. The highest BCUT2D eigenvalue weighted by Gasteiger charge is 2.10. The fourth-order valence-electron chi connectivity index (χ4n) is 2.31. The Morgan fingerprint density at radius 2 is 2.35 bits per heavy atom. The number of nitrogens with zero attached hydrogens (tertiary/aromatic N) is 2. The molecule has 1 aromatic rings. The number of allylic oxidation sites excluding steroid dienone is 2. The van der Waals surface area contributed by atoms with Crippen molar-refractivity contribution in [2.45, 2.75) is 13.0 Å². The second-order valence-corrected chi connectivity index (χ2v) is 5.26. The average Bonchev–Trinajstić information content (AvgIpc) is 2.60. The number of dihydropyridines is 1. The molecule has 1 N–H and O–H groups in total. The molecule has 0 spiro atoms. The van der Waals surface area contributed by atoms with Gasteiger partial charge in [-0.05, 0) is 24.6 Å². The van der Waals surface area contributed by atoms with Gasteiger partial charge in [0, 0.05) is 44.1 Å². The van der Waals surface area contributed by atoms with Crippen LogP contribution in [0.2, 0.25) is 0 Å². The Bertz CT molecular complexity index is 567. The van der Waals surface area contributed by atoms with Crippen molar-refractivity contribution in [1.29, 1.82) is 0 Å². The lowest BCUT2D eigenvalue weighted by Gasteiger charge is -2.24. The maximum atomic E-state index is 11.1. The van der Waals surface area contributed by atoms with Gasteiger partial charge >= 0.3 is 5.97 Å². The molecule has 0 aromatic carbocycles. The molecule has 1 aliphatic rings. The van der Waals surface area contributed by atoms with Gasteiger partial charge < -0.3 is 10.1 Å². The molecule has 0 fully saturated rings. The molecule has 0 saturated heterocycles. The summed E-state index contributed by atoms with van der Waals surface area (Å²) in [5, 5.41) is 3.37. The van der Waals surface area contributed by atoms with E-state index in [-0.39, 0.29) is 5.97 Å². The molecule has 2 heterocycles. The molecule has 5 nitrogen and oxygen atoms in total. The maximum Gasteiger partial charge on any atom is 0.330 e. The minimum absolute atomic E-state index is 0.372. The van der Waals surface area contributed by atoms with Crippen molar-refractivity contribution in [3.63, 3.8) is 0 Å². The van der Waals surface area contributed by atoms with E-state index in [0.717, 1.165) is 38.3 Å². The first-order valence-electron chi connectivity index (χ1n) is 7.79. The van der Waals surface area contributed by atoms with E-state index in [0.29, 0.717) is 6.61 Å². The lowest BCUT2D eigenvalue weighted by atomic mass is 10.2. The molecule has 0 atom stereocenters. The van der Waals surface area contributed by atoms with E-state index >= 15 is 0 Å². The van der Waals surface area contributed by atoms with Crippen molar-refractivity contribution in [3.05, 3.63) is 66.7 Å². The summed E-state index contributed by atoms with van der Waals surface area (Å²) in [5.41, 5.74) is 2.22. The largest absolute Gasteiger partial charge is 0.462 e. The topological polar surface area (TPSA) is 54.5 Å². The van der Waals surface area contributed by atoms with Crippen LogP contribution in [0.4, 0.5) is 0 Å². The Kier molecular flexibility index (Phi) is 7.07. The molecule has 5 heteroatoms. The summed E-state index contributed by atoms with van der Waals surface area (Å²) in [7, 11) is 0. The molecular formula is C18H23N3O2. The van der Waals surface area contributed by atoms with Gasteiger partial charge in [-0.2, -0.15) is 0 Å². The van der Waals surface area contributed by atoms with Gasteiger partial charge in [-0.25, -0.2) is 4.79 Å². The monoisotopic (exact) mass is 313 g/mol. The highest BCUT2D eigenvalue weighted by Crippen LogP contribution is 2.07. The Morgan fingerprint density at radius 3 is 3.04 bits per heavy atom. The van der Waals surface area contributed by atoms with E-state index in [1.165, 1.54) is 11.8 Å². The predicted octanol–water partition coefficient (Wildman–Crippen LogP) is 2.05. The summed E-state index contributed by atoms with van der Waals surface area (Å²) < 4.78 is 5.04. The first-order chi connectivity index (χ1) is 11.3. The number of esters is 1. The highest BCUT2D eigenvalue weighted by molar-refractivity contribution is 5.81. The van der Waals surface area contributed by atoms with Crippen molar-refractivity contribution in [1.82, 2.24) is 15.2 Å². The van der Waals surface area contributed by atoms with Crippen molar-refractivity contribution >= 4 is 5.97 Å². The first-order valence-corrected chi connectivity index (χ1v) is 7.79. The van der Waals surface area contributed by atoms with Crippen molar-refractivity contribution in [2.24, 2.45) is 0 Å². The molecule has 0 amide bonds. The van der Waals surface area contributed by atoms with Gasteiger partial charge in [0.1, 0.15) is 0 Å². The average molecular weight is 313 g/mol. The number of hydrogen-bond donors (Lipinski definition) is 1. The second kappa shape index (κ2) is 9.58. The summed E-state index contributed by atoms with van der Waals surface area (Å²) >= 11 is 0. The number of hydrogen-bond acceptors (Lipinski definition) is 5. The van der Waals surface area contributed by atoms with E-state index in [1.807, 2.05) is 18.2 Å². The quantitative estimate of drug-likeness (QED) is 0.429. The van der Waals surface area contributed by atoms with Gasteiger partial charge in [0.15, 0.2) is 0 Å². The SMILES string of the molecule is C=CC(=O)OCCCN(CC1=CC=CCN1)Cc1ccccn1. The third-order valence-corrected chi connectivity index (χ3v) is 3.42. The molecular weight excluding hydrogens is 290 g/mol. The fourth-order valence-corrected chi connectivity index (χ4v) is 2.31. The summed E-state index contributed by atoms with van der Waals surface area (Å²) in [6, 6.07) is 5.93. The van der Waals surface area contributed by atoms with Crippen LogP contribution in [0, 0.1) is 0 Å². The molecule has 0 unspecified atom stereocenters. The molecule has 0 saturated carbocycles. The molecule has 0 aliphatic carbocycles. The van der Waals surface area contributed by atoms with Crippen LogP contribution in [0.3, 0.4) is 0 Å². The molecule has 2 rings (SSSR count). The molecule has 122 valence electrons. The third kappa shape index (κ3) is 6.48. The van der Waals surface area contributed by atoms with Gasteiger partial charge in [0.25, 0.3) is 0 Å². The number of carbonyl (C=O) groups is 1. The van der Waals surface area contributed by atoms with Gasteiger partial charge in [-0.3, -0.25) is 9.88 Å². The zero-order valence-corrected chi connectivity index (χ0v) is 13.3. The van der Waals surface area contributed by atoms with Crippen LogP contribution in [0.5, 0.6) is 0 Å². The number of ether oxygens (including phenoxy) is 1. The van der Waals surface area contributed by atoms with Crippen LogP contribution in [-0.4, -0.2) is 42.1 Å². The second-order valence-electron chi connectivity index (χ2n) is 5.26. The van der Waals surface area contributed by atoms with E-state index in [2.05, 4.69) is 40.0 Å². The minimum atomic E-state index is -0.372. The summed E-state index contributed by atoms with van der Waals surface area (Å²) in [6.07, 6.45) is 10.0. The fraction of sp³-hybridized carbons (Fsp3) is 0.333. The summed E-state index contributed by atoms with van der Waals surface area (Å²) in [4.78, 5) is 17.8.